The molecule has 0 aliphatic rings. The summed E-state index contributed by atoms with van der Waals surface area (Å²) >= 11 is 2.94. The molecule has 0 unspecified atom stereocenters. The highest BCUT2D eigenvalue weighted by Gasteiger charge is 2.12. The summed E-state index contributed by atoms with van der Waals surface area (Å²) in [5.74, 6) is 1.08. The van der Waals surface area contributed by atoms with Crippen LogP contribution in [0, 0.1) is 0 Å². The van der Waals surface area contributed by atoms with Crippen molar-refractivity contribution in [3.8, 4) is 11.3 Å². The van der Waals surface area contributed by atoms with Crippen LogP contribution in [0.4, 0.5) is 5.13 Å². The molecule has 2 aromatic heterocycles. The summed E-state index contributed by atoms with van der Waals surface area (Å²) in [6.07, 6.45) is 0.819. The number of amides is 1. The Morgan fingerprint density at radius 2 is 1.81 bits per heavy atom. The fraction of sp³-hybridized carbons (Fsp3) is 0.217. The van der Waals surface area contributed by atoms with Crippen molar-refractivity contribution in [2.45, 2.75) is 18.1 Å². The molecule has 0 atom stereocenters. The van der Waals surface area contributed by atoms with E-state index in [1.54, 1.807) is 11.3 Å². The Morgan fingerprint density at radius 3 is 2.59 bits per heavy atom. The number of thiazole rings is 1. The number of nitrogens with one attached hydrogen (secondary N) is 2. The maximum Gasteiger partial charge on any atom is 0.230 e. The molecule has 7 nitrogen and oxygen atoms in total. The molecule has 2 N–H and O–H groups in total. The van der Waals surface area contributed by atoms with E-state index in [4.69, 9.17) is 0 Å². The molecule has 4 aromatic rings. The number of benzene rings is 2. The van der Waals surface area contributed by atoms with Crippen LogP contribution in [0.3, 0.4) is 0 Å². The van der Waals surface area contributed by atoms with Crippen molar-refractivity contribution in [2.75, 3.05) is 17.6 Å². The topological polar surface area (TPSA) is 84.7 Å². The largest absolute Gasteiger partial charge is 0.355 e. The van der Waals surface area contributed by atoms with Gasteiger partial charge in [0.1, 0.15) is 0 Å². The second-order valence-electron chi connectivity index (χ2n) is 7.09. The molecular weight excluding hydrogens is 440 g/mol. The van der Waals surface area contributed by atoms with Gasteiger partial charge in [0, 0.05) is 24.5 Å². The van der Waals surface area contributed by atoms with Crippen LogP contribution >= 0.6 is 23.1 Å². The second kappa shape index (κ2) is 10.9. The molecule has 4 rings (SSSR count). The Labute approximate surface area is 195 Å². The van der Waals surface area contributed by atoms with Crippen molar-refractivity contribution in [1.82, 2.24) is 25.1 Å². The van der Waals surface area contributed by atoms with E-state index in [1.165, 1.54) is 17.3 Å². The Morgan fingerprint density at radius 1 is 1.06 bits per heavy atom. The van der Waals surface area contributed by atoms with Gasteiger partial charge in [-0.2, -0.15) is 0 Å². The number of thioether (sulfide) groups is 1. The zero-order valence-electron chi connectivity index (χ0n) is 17.7. The van der Waals surface area contributed by atoms with Gasteiger partial charge >= 0.3 is 0 Å². The van der Waals surface area contributed by atoms with Crippen molar-refractivity contribution >= 4 is 34.1 Å². The van der Waals surface area contributed by atoms with E-state index in [2.05, 4.69) is 37.9 Å². The molecule has 9 heteroatoms. The Bertz CT molecular complexity index is 1140. The molecule has 32 heavy (non-hydrogen) atoms. The molecule has 0 aliphatic heterocycles. The van der Waals surface area contributed by atoms with E-state index < -0.39 is 0 Å². The van der Waals surface area contributed by atoms with Crippen molar-refractivity contribution in [3.05, 3.63) is 77.4 Å². The predicted octanol–water partition coefficient (Wildman–Crippen LogP) is 4.00. The van der Waals surface area contributed by atoms with E-state index >= 15 is 0 Å². The van der Waals surface area contributed by atoms with E-state index in [0.717, 1.165) is 28.6 Å². The monoisotopic (exact) mass is 464 g/mol. The molecule has 0 bridgehead atoms. The Balaban J connectivity index is 1.23. The lowest BCUT2D eigenvalue weighted by molar-refractivity contribution is -0.118. The van der Waals surface area contributed by atoms with Gasteiger partial charge in [0.15, 0.2) is 16.1 Å². The van der Waals surface area contributed by atoms with Gasteiger partial charge in [-0.15, -0.1) is 21.5 Å². The van der Waals surface area contributed by atoms with Crippen LogP contribution in [-0.4, -0.2) is 38.0 Å². The Kier molecular flexibility index (Phi) is 7.52. The minimum absolute atomic E-state index is 0.00941. The first-order chi connectivity index (χ1) is 15.7. The van der Waals surface area contributed by atoms with Crippen molar-refractivity contribution in [3.63, 3.8) is 0 Å². The highest BCUT2D eigenvalue weighted by molar-refractivity contribution is 7.99. The molecule has 1 amide bonds. The maximum atomic E-state index is 12.1. The molecule has 0 saturated heterocycles. The van der Waals surface area contributed by atoms with Crippen LogP contribution in [0.1, 0.15) is 11.4 Å². The van der Waals surface area contributed by atoms with E-state index in [1.807, 2.05) is 65.5 Å². The second-order valence-corrected chi connectivity index (χ2v) is 8.89. The number of carbonyl (C=O) groups excluding carboxylic acids is 1. The summed E-state index contributed by atoms with van der Waals surface area (Å²) in [6.45, 7) is 1.13. The first kappa shape index (κ1) is 22.0. The van der Waals surface area contributed by atoms with Crippen molar-refractivity contribution in [1.29, 1.82) is 0 Å². The first-order valence-electron chi connectivity index (χ1n) is 10.3. The summed E-state index contributed by atoms with van der Waals surface area (Å²) in [5, 5.41) is 18.3. The predicted molar refractivity (Wildman–Crippen MR) is 130 cm³/mol. The van der Waals surface area contributed by atoms with Crippen molar-refractivity contribution < 1.29 is 4.79 Å². The number of hydrogen-bond donors (Lipinski definition) is 2. The van der Waals surface area contributed by atoms with Gasteiger partial charge in [-0.05, 0) is 12.0 Å². The molecule has 0 radical (unpaired) electrons. The molecule has 2 aromatic carbocycles. The van der Waals surface area contributed by atoms with Crippen LogP contribution in [0.5, 0.6) is 0 Å². The van der Waals surface area contributed by atoms with Gasteiger partial charge < -0.3 is 15.2 Å². The summed E-state index contributed by atoms with van der Waals surface area (Å²) in [5.41, 5.74) is 3.25. The average Bonchev–Trinajstić information content (AvgIpc) is 3.44. The third-order valence-corrected chi connectivity index (χ3v) is 6.63. The molecule has 0 saturated carbocycles. The minimum atomic E-state index is -0.00941. The fourth-order valence-corrected chi connectivity index (χ4v) is 4.53. The quantitative estimate of drug-likeness (QED) is 0.345. The van der Waals surface area contributed by atoms with Gasteiger partial charge in [-0.1, -0.05) is 72.4 Å². The molecule has 164 valence electrons. The number of hydrogen-bond acceptors (Lipinski definition) is 7. The van der Waals surface area contributed by atoms with Crippen molar-refractivity contribution in [2.24, 2.45) is 7.05 Å². The molecule has 0 aliphatic carbocycles. The summed E-state index contributed by atoms with van der Waals surface area (Å²) < 4.78 is 1.90. The standard InChI is InChI=1S/C23H24N6OS2/c1-29-20(14-25-22-26-19(15-31-22)18-10-6-3-7-11-18)27-28-23(29)32-16-21(30)24-13-12-17-8-4-2-5-9-17/h2-11,15H,12-14,16H2,1H3,(H,24,30)(H,25,26). The highest BCUT2D eigenvalue weighted by Crippen LogP contribution is 2.25. The lowest BCUT2D eigenvalue weighted by Crippen LogP contribution is -2.27. The van der Waals surface area contributed by atoms with Gasteiger partial charge in [0.05, 0.1) is 18.0 Å². The average molecular weight is 465 g/mol. The maximum absolute atomic E-state index is 12.1. The van der Waals surface area contributed by atoms with E-state index in [-0.39, 0.29) is 5.91 Å². The smallest absolute Gasteiger partial charge is 0.230 e. The van der Waals surface area contributed by atoms with Crippen LogP contribution in [0.25, 0.3) is 11.3 Å². The van der Waals surface area contributed by atoms with E-state index in [0.29, 0.717) is 24.0 Å². The summed E-state index contributed by atoms with van der Waals surface area (Å²) in [4.78, 5) is 16.8. The zero-order valence-corrected chi connectivity index (χ0v) is 19.3. The SMILES string of the molecule is Cn1c(CNc2nc(-c3ccccc3)cs2)nnc1SCC(=O)NCCc1ccccc1. The number of nitrogens with zero attached hydrogens (tertiary/aromatic N) is 4. The number of carbonyl (C=O) groups is 1. The molecular formula is C23H24N6OS2. The number of aromatic nitrogens is 4. The molecule has 0 spiro atoms. The summed E-state index contributed by atoms with van der Waals surface area (Å²) in [7, 11) is 1.91. The van der Waals surface area contributed by atoms with Crippen LogP contribution < -0.4 is 10.6 Å². The molecule has 0 fully saturated rings. The lowest BCUT2D eigenvalue weighted by atomic mass is 10.1. The van der Waals surface area contributed by atoms with Crippen LogP contribution in [0.2, 0.25) is 0 Å². The first-order valence-corrected chi connectivity index (χ1v) is 12.1. The third-order valence-electron chi connectivity index (χ3n) is 4.81. The van der Waals surface area contributed by atoms with Gasteiger partial charge in [-0.3, -0.25) is 4.79 Å². The zero-order chi connectivity index (χ0) is 22.2. The number of anilines is 1. The highest BCUT2D eigenvalue weighted by atomic mass is 32.2. The normalized spacial score (nSPS) is 10.8. The number of rotatable bonds is 10. The van der Waals surface area contributed by atoms with Gasteiger partial charge in [-0.25, -0.2) is 4.98 Å². The van der Waals surface area contributed by atoms with Crippen LogP contribution in [-0.2, 0) is 24.8 Å². The molecule has 2 heterocycles. The third kappa shape index (κ3) is 5.95. The Hall–Kier alpha value is -3.17. The van der Waals surface area contributed by atoms with Gasteiger partial charge in [0.25, 0.3) is 0 Å². The lowest BCUT2D eigenvalue weighted by Gasteiger charge is -2.06. The van der Waals surface area contributed by atoms with Gasteiger partial charge in [0.2, 0.25) is 5.91 Å². The minimum Gasteiger partial charge on any atom is -0.355 e. The van der Waals surface area contributed by atoms with E-state index in [9.17, 15) is 4.79 Å². The summed E-state index contributed by atoms with van der Waals surface area (Å²) in [6, 6.07) is 20.2. The van der Waals surface area contributed by atoms with Crippen LogP contribution in [0.15, 0.2) is 71.2 Å². The fourth-order valence-electron chi connectivity index (χ4n) is 3.05.